The number of aromatic nitrogens is 2. The van der Waals surface area contributed by atoms with Crippen molar-refractivity contribution in [2.45, 2.75) is 6.92 Å². The summed E-state index contributed by atoms with van der Waals surface area (Å²) in [6.07, 6.45) is 3.35. The van der Waals surface area contributed by atoms with Gasteiger partial charge in [0.25, 0.3) is 11.8 Å². The minimum absolute atomic E-state index is 0.0625. The second kappa shape index (κ2) is 11.7. The average molecular weight is 554 g/mol. The molecule has 5 aromatic rings. The van der Waals surface area contributed by atoms with E-state index in [4.69, 9.17) is 4.74 Å². The maximum Gasteiger partial charge on any atom is 0.263 e. The molecule has 0 saturated carbocycles. The predicted molar refractivity (Wildman–Crippen MR) is 153 cm³/mol. The molecule has 3 N–H and O–H groups in total. The minimum atomic E-state index is -0.763. The molecule has 0 saturated heterocycles. The van der Waals surface area contributed by atoms with Gasteiger partial charge in [0, 0.05) is 48.0 Å². The van der Waals surface area contributed by atoms with Crippen molar-refractivity contribution < 1.29 is 23.1 Å². The Morgan fingerprint density at radius 3 is 2.20 bits per heavy atom. The van der Waals surface area contributed by atoms with Crippen LogP contribution in [0.25, 0.3) is 16.6 Å². The number of ether oxygens (including phenoxy) is 1. The maximum atomic E-state index is 15.2. The van der Waals surface area contributed by atoms with Crippen molar-refractivity contribution in [3.05, 3.63) is 120 Å². The van der Waals surface area contributed by atoms with Gasteiger partial charge in [0.15, 0.2) is 17.3 Å². The van der Waals surface area contributed by atoms with E-state index in [9.17, 15) is 14.0 Å². The fourth-order valence-corrected chi connectivity index (χ4v) is 4.22. The van der Waals surface area contributed by atoms with Gasteiger partial charge in [-0.1, -0.05) is 30.3 Å². The SMILES string of the molecule is CN/C(C)=C(\C(=O)Nc1ccc(F)cc1)C(=O)Nc1ccc(Oc2ccnn3ccc(-c4ccccc4)c23)c(F)c1. The van der Waals surface area contributed by atoms with E-state index in [1.165, 1.54) is 36.4 Å². The topological polar surface area (TPSA) is 96.8 Å². The molecule has 0 radical (unpaired) electrons. The maximum absolute atomic E-state index is 15.2. The molecule has 2 heterocycles. The monoisotopic (exact) mass is 553 g/mol. The van der Waals surface area contributed by atoms with Crippen LogP contribution in [-0.4, -0.2) is 28.5 Å². The molecular weight excluding hydrogens is 528 g/mol. The highest BCUT2D eigenvalue weighted by atomic mass is 19.1. The van der Waals surface area contributed by atoms with Gasteiger partial charge in [-0.05, 0) is 55.0 Å². The lowest BCUT2D eigenvalue weighted by Gasteiger charge is -2.14. The lowest BCUT2D eigenvalue weighted by atomic mass is 10.1. The van der Waals surface area contributed by atoms with E-state index in [0.29, 0.717) is 17.0 Å². The summed E-state index contributed by atoms with van der Waals surface area (Å²) in [5, 5.41) is 12.2. The predicted octanol–water partition coefficient (Wildman–Crippen LogP) is 6.14. The number of allylic oxidation sites excluding steroid dienone is 1. The molecule has 0 aliphatic rings. The number of fused-ring (bicyclic) bond motifs is 1. The highest BCUT2D eigenvalue weighted by molar-refractivity contribution is 6.26. The third-order valence-corrected chi connectivity index (χ3v) is 6.32. The Balaban J connectivity index is 1.36. The van der Waals surface area contributed by atoms with Gasteiger partial charge >= 0.3 is 0 Å². The Morgan fingerprint density at radius 2 is 1.51 bits per heavy atom. The number of amides is 2. The molecule has 206 valence electrons. The van der Waals surface area contributed by atoms with Crippen LogP contribution in [-0.2, 0) is 9.59 Å². The molecule has 0 aliphatic heterocycles. The summed E-state index contributed by atoms with van der Waals surface area (Å²) in [6.45, 7) is 1.55. The highest BCUT2D eigenvalue weighted by Gasteiger charge is 2.22. The van der Waals surface area contributed by atoms with Crippen molar-refractivity contribution in [3.63, 3.8) is 0 Å². The lowest BCUT2D eigenvalue weighted by molar-refractivity contribution is -0.118. The van der Waals surface area contributed by atoms with Gasteiger partial charge in [0.2, 0.25) is 0 Å². The molecule has 5 rings (SSSR count). The lowest BCUT2D eigenvalue weighted by Crippen LogP contribution is -2.29. The standard InChI is InChI=1S/C31H25F2N5O3/c1-19(34-2)28(30(39)36-22-10-8-21(32)9-11-22)31(40)37-23-12-13-26(25(33)18-23)41-27-14-16-35-38-17-15-24(29(27)38)20-6-4-3-5-7-20/h3-18,34H,1-2H3,(H,36,39)(H,37,40)/b28-19+. The van der Waals surface area contributed by atoms with Crippen LogP contribution in [0.3, 0.4) is 0 Å². The summed E-state index contributed by atoms with van der Waals surface area (Å²) in [7, 11) is 1.56. The number of hydrogen-bond acceptors (Lipinski definition) is 5. The zero-order chi connectivity index (χ0) is 28.9. The fourth-order valence-electron chi connectivity index (χ4n) is 4.22. The van der Waals surface area contributed by atoms with Crippen molar-refractivity contribution in [1.82, 2.24) is 14.9 Å². The number of nitrogens with one attached hydrogen (secondary N) is 3. The third-order valence-electron chi connectivity index (χ3n) is 6.32. The highest BCUT2D eigenvalue weighted by Crippen LogP contribution is 2.35. The van der Waals surface area contributed by atoms with E-state index in [2.05, 4.69) is 21.0 Å². The third kappa shape index (κ3) is 5.91. The van der Waals surface area contributed by atoms with E-state index in [0.717, 1.165) is 17.2 Å². The molecule has 2 amide bonds. The first kappa shape index (κ1) is 27.1. The van der Waals surface area contributed by atoms with Crippen molar-refractivity contribution in [2.75, 3.05) is 17.7 Å². The Labute approximate surface area is 234 Å². The van der Waals surface area contributed by atoms with Gasteiger partial charge in [-0.25, -0.2) is 13.3 Å². The van der Waals surface area contributed by atoms with Gasteiger partial charge in [0.1, 0.15) is 16.9 Å². The number of benzene rings is 3. The Bertz CT molecular complexity index is 1770. The van der Waals surface area contributed by atoms with E-state index in [1.54, 1.807) is 36.9 Å². The fraction of sp³-hybridized carbons (Fsp3) is 0.0645. The largest absolute Gasteiger partial charge is 0.452 e. The van der Waals surface area contributed by atoms with Crippen molar-refractivity contribution in [1.29, 1.82) is 0 Å². The van der Waals surface area contributed by atoms with Gasteiger partial charge in [-0.2, -0.15) is 5.10 Å². The zero-order valence-corrected chi connectivity index (χ0v) is 22.1. The van der Waals surface area contributed by atoms with Crippen LogP contribution < -0.4 is 20.7 Å². The van der Waals surface area contributed by atoms with E-state index in [1.807, 2.05) is 36.4 Å². The quantitative estimate of drug-likeness (QED) is 0.122. The molecule has 3 aromatic carbocycles. The number of carbonyl (C=O) groups excluding carboxylic acids is 2. The van der Waals surface area contributed by atoms with Crippen molar-refractivity contribution in [2.24, 2.45) is 0 Å². The molecule has 10 heteroatoms. The average Bonchev–Trinajstić information content (AvgIpc) is 3.41. The van der Waals surface area contributed by atoms with Crippen molar-refractivity contribution >= 4 is 28.7 Å². The number of carbonyl (C=O) groups is 2. The Hall–Kier alpha value is -5.51. The van der Waals surface area contributed by atoms with Crippen LogP contribution in [0.4, 0.5) is 20.2 Å². The van der Waals surface area contributed by atoms with Crippen LogP contribution in [0.5, 0.6) is 11.5 Å². The zero-order valence-electron chi connectivity index (χ0n) is 22.1. The number of halogens is 2. The second-order valence-corrected chi connectivity index (χ2v) is 9.00. The molecule has 2 aromatic heterocycles. The first-order chi connectivity index (χ1) is 19.8. The van der Waals surface area contributed by atoms with Crippen LogP contribution in [0.2, 0.25) is 0 Å². The number of nitrogens with zero attached hydrogens (tertiary/aromatic N) is 2. The first-order valence-corrected chi connectivity index (χ1v) is 12.6. The molecule has 41 heavy (non-hydrogen) atoms. The molecule has 0 fully saturated rings. The van der Waals surface area contributed by atoms with Crippen LogP contribution in [0.1, 0.15) is 6.92 Å². The summed E-state index contributed by atoms with van der Waals surface area (Å²) in [6, 6.07) is 22.3. The van der Waals surface area contributed by atoms with Gasteiger partial charge in [-0.3, -0.25) is 9.59 Å². The smallest absolute Gasteiger partial charge is 0.263 e. The normalized spacial score (nSPS) is 11.5. The van der Waals surface area contributed by atoms with E-state index < -0.39 is 23.4 Å². The first-order valence-electron chi connectivity index (χ1n) is 12.6. The molecule has 0 bridgehead atoms. The van der Waals surface area contributed by atoms with Gasteiger partial charge in [0.05, 0.1) is 6.20 Å². The van der Waals surface area contributed by atoms with Gasteiger partial charge in [-0.15, -0.1) is 0 Å². The van der Waals surface area contributed by atoms with E-state index >= 15 is 4.39 Å². The Kier molecular flexibility index (Phi) is 7.73. The summed E-state index contributed by atoms with van der Waals surface area (Å²) in [4.78, 5) is 26.0. The summed E-state index contributed by atoms with van der Waals surface area (Å²) in [5.41, 5.74) is 2.97. The number of rotatable bonds is 8. The summed E-state index contributed by atoms with van der Waals surface area (Å²) in [5.74, 6) is -2.34. The van der Waals surface area contributed by atoms with Crippen LogP contribution in [0, 0.1) is 11.6 Å². The molecule has 0 spiro atoms. The van der Waals surface area contributed by atoms with Gasteiger partial charge < -0.3 is 20.7 Å². The second-order valence-electron chi connectivity index (χ2n) is 9.00. The molecule has 0 atom stereocenters. The van der Waals surface area contributed by atoms with Crippen LogP contribution >= 0.6 is 0 Å². The molecule has 0 unspecified atom stereocenters. The summed E-state index contributed by atoms with van der Waals surface area (Å²) >= 11 is 0. The molecular formula is C31H25F2N5O3. The summed E-state index contributed by atoms with van der Waals surface area (Å²) < 4.78 is 36.0. The van der Waals surface area contributed by atoms with Crippen molar-refractivity contribution in [3.8, 4) is 22.6 Å². The number of anilines is 2. The van der Waals surface area contributed by atoms with E-state index in [-0.39, 0.29) is 22.7 Å². The number of hydrogen-bond donors (Lipinski definition) is 3. The minimum Gasteiger partial charge on any atom is -0.452 e. The Morgan fingerprint density at radius 1 is 0.829 bits per heavy atom. The molecule has 8 nitrogen and oxygen atoms in total. The molecule has 0 aliphatic carbocycles. The van der Waals surface area contributed by atoms with Crippen LogP contribution in [0.15, 0.2) is 109 Å².